The SMILES string of the molecule is CCNC(=NCc1ccc(N2CCNC(=O)C2)cc1)NCC1(CCOC)CCCC1. The van der Waals surface area contributed by atoms with Crippen molar-refractivity contribution in [3.63, 3.8) is 0 Å². The van der Waals surface area contributed by atoms with Gasteiger partial charge in [0.25, 0.3) is 0 Å². The summed E-state index contributed by atoms with van der Waals surface area (Å²) in [5, 5.41) is 9.82. The van der Waals surface area contributed by atoms with Crippen molar-refractivity contribution in [2.75, 3.05) is 51.3 Å². The van der Waals surface area contributed by atoms with Gasteiger partial charge in [0.05, 0.1) is 13.1 Å². The van der Waals surface area contributed by atoms with Gasteiger partial charge in [-0.3, -0.25) is 4.79 Å². The van der Waals surface area contributed by atoms with Crippen LogP contribution in [0.5, 0.6) is 0 Å². The van der Waals surface area contributed by atoms with Crippen molar-refractivity contribution in [2.45, 2.75) is 45.6 Å². The first-order chi connectivity index (χ1) is 14.6. The highest BCUT2D eigenvalue weighted by Crippen LogP contribution is 2.40. The Morgan fingerprint density at radius 3 is 2.67 bits per heavy atom. The Morgan fingerprint density at radius 2 is 2.00 bits per heavy atom. The summed E-state index contributed by atoms with van der Waals surface area (Å²) in [6, 6.07) is 8.38. The average Bonchev–Trinajstić information content (AvgIpc) is 3.24. The molecule has 1 amide bonds. The molecule has 2 aliphatic rings. The van der Waals surface area contributed by atoms with Crippen LogP contribution in [-0.2, 0) is 16.1 Å². The summed E-state index contributed by atoms with van der Waals surface area (Å²) < 4.78 is 5.35. The maximum Gasteiger partial charge on any atom is 0.239 e. The van der Waals surface area contributed by atoms with Crippen molar-refractivity contribution in [1.82, 2.24) is 16.0 Å². The third kappa shape index (κ3) is 6.36. The Kier molecular flexibility index (Phi) is 8.37. The van der Waals surface area contributed by atoms with E-state index in [1.165, 1.54) is 25.7 Å². The van der Waals surface area contributed by atoms with Crippen LogP contribution in [0.4, 0.5) is 5.69 Å². The number of rotatable bonds is 9. The largest absolute Gasteiger partial charge is 0.385 e. The number of methoxy groups -OCH3 is 1. The number of nitrogens with one attached hydrogen (secondary N) is 3. The number of aliphatic imine (C=N–C) groups is 1. The molecule has 1 aromatic carbocycles. The molecule has 1 saturated carbocycles. The van der Waals surface area contributed by atoms with Crippen LogP contribution in [0, 0.1) is 5.41 Å². The lowest BCUT2D eigenvalue weighted by atomic mass is 9.83. The van der Waals surface area contributed by atoms with Crippen LogP contribution in [0.25, 0.3) is 0 Å². The van der Waals surface area contributed by atoms with Crippen LogP contribution in [-0.4, -0.2) is 58.3 Å². The third-order valence-electron chi connectivity index (χ3n) is 6.24. The fourth-order valence-corrected chi connectivity index (χ4v) is 4.41. The zero-order chi connectivity index (χ0) is 21.2. The van der Waals surface area contributed by atoms with Gasteiger partial charge in [-0.2, -0.15) is 0 Å². The van der Waals surface area contributed by atoms with Gasteiger partial charge in [0.2, 0.25) is 5.91 Å². The summed E-state index contributed by atoms with van der Waals surface area (Å²) in [4.78, 5) is 18.5. The molecule has 0 aromatic heterocycles. The van der Waals surface area contributed by atoms with Gasteiger partial charge in [-0.05, 0) is 49.3 Å². The summed E-state index contributed by atoms with van der Waals surface area (Å²) in [7, 11) is 1.78. The highest BCUT2D eigenvalue weighted by atomic mass is 16.5. The predicted molar refractivity (Wildman–Crippen MR) is 122 cm³/mol. The molecule has 1 saturated heterocycles. The van der Waals surface area contributed by atoms with E-state index >= 15 is 0 Å². The van der Waals surface area contributed by atoms with Gasteiger partial charge in [0, 0.05) is 45.6 Å². The van der Waals surface area contributed by atoms with E-state index in [4.69, 9.17) is 9.73 Å². The topological polar surface area (TPSA) is 78.0 Å². The molecular weight excluding hydrogens is 378 g/mol. The molecule has 166 valence electrons. The number of anilines is 1. The molecule has 0 atom stereocenters. The van der Waals surface area contributed by atoms with E-state index in [2.05, 4.69) is 52.0 Å². The molecule has 30 heavy (non-hydrogen) atoms. The number of amides is 1. The predicted octanol–water partition coefficient (Wildman–Crippen LogP) is 2.27. The van der Waals surface area contributed by atoms with Crippen molar-refractivity contribution in [1.29, 1.82) is 0 Å². The van der Waals surface area contributed by atoms with Gasteiger partial charge in [0.15, 0.2) is 5.96 Å². The minimum absolute atomic E-state index is 0.0850. The van der Waals surface area contributed by atoms with Crippen molar-refractivity contribution in [2.24, 2.45) is 10.4 Å². The van der Waals surface area contributed by atoms with Crippen LogP contribution in [0.1, 0.15) is 44.6 Å². The first-order valence-electron chi connectivity index (χ1n) is 11.3. The highest BCUT2D eigenvalue weighted by Gasteiger charge is 2.33. The lowest BCUT2D eigenvalue weighted by Gasteiger charge is -2.30. The van der Waals surface area contributed by atoms with Crippen LogP contribution in [0.15, 0.2) is 29.3 Å². The van der Waals surface area contributed by atoms with Crippen molar-refractivity contribution in [3.8, 4) is 0 Å². The van der Waals surface area contributed by atoms with E-state index in [1.807, 2.05) is 0 Å². The summed E-state index contributed by atoms with van der Waals surface area (Å²) in [5.41, 5.74) is 2.57. The maximum atomic E-state index is 11.6. The zero-order valence-corrected chi connectivity index (χ0v) is 18.5. The molecule has 2 fully saturated rings. The van der Waals surface area contributed by atoms with Gasteiger partial charge >= 0.3 is 0 Å². The number of carbonyl (C=O) groups excluding carboxylic acids is 1. The Hall–Kier alpha value is -2.28. The first kappa shape index (κ1) is 22.4. The molecule has 0 radical (unpaired) electrons. The maximum absolute atomic E-state index is 11.6. The van der Waals surface area contributed by atoms with Crippen LogP contribution in [0.3, 0.4) is 0 Å². The number of guanidine groups is 1. The van der Waals surface area contributed by atoms with Crippen molar-refractivity contribution < 1.29 is 9.53 Å². The molecule has 0 spiro atoms. The van der Waals surface area contributed by atoms with E-state index in [9.17, 15) is 4.79 Å². The fourth-order valence-electron chi connectivity index (χ4n) is 4.41. The average molecular weight is 416 g/mol. The van der Waals surface area contributed by atoms with E-state index < -0.39 is 0 Å². The fraction of sp³-hybridized carbons (Fsp3) is 0.652. The molecule has 7 nitrogen and oxygen atoms in total. The van der Waals surface area contributed by atoms with Crippen LogP contribution in [0.2, 0.25) is 0 Å². The van der Waals surface area contributed by atoms with Gasteiger partial charge in [-0.15, -0.1) is 0 Å². The number of nitrogens with zero attached hydrogens (tertiary/aromatic N) is 2. The summed E-state index contributed by atoms with van der Waals surface area (Å²) in [6.07, 6.45) is 6.25. The van der Waals surface area contributed by atoms with Crippen molar-refractivity contribution in [3.05, 3.63) is 29.8 Å². The normalized spacial score (nSPS) is 18.9. The molecule has 3 rings (SSSR count). The second-order valence-electron chi connectivity index (χ2n) is 8.44. The first-order valence-corrected chi connectivity index (χ1v) is 11.3. The molecule has 1 heterocycles. The Morgan fingerprint density at radius 1 is 1.23 bits per heavy atom. The number of hydrogen-bond donors (Lipinski definition) is 3. The second kappa shape index (κ2) is 11.2. The van der Waals surface area contributed by atoms with E-state index in [0.717, 1.165) is 49.9 Å². The quantitative estimate of drug-likeness (QED) is 0.426. The summed E-state index contributed by atoms with van der Waals surface area (Å²) in [6.45, 7) is 7.30. The van der Waals surface area contributed by atoms with Gasteiger partial charge in [-0.25, -0.2) is 4.99 Å². The molecule has 1 aromatic rings. The molecular formula is C23H37N5O2. The second-order valence-corrected chi connectivity index (χ2v) is 8.44. The standard InChI is InChI=1S/C23H37N5O2/c1-3-24-22(27-18-23(12-15-30-2)10-4-5-11-23)26-16-19-6-8-20(9-7-19)28-14-13-25-21(29)17-28/h6-9H,3-5,10-18H2,1-2H3,(H,25,29)(H2,24,26,27). The lowest BCUT2D eigenvalue weighted by molar-refractivity contribution is -0.120. The number of ether oxygens (including phenoxy) is 1. The van der Waals surface area contributed by atoms with E-state index in [1.54, 1.807) is 7.11 Å². The monoisotopic (exact) mass is 415 g/mol. The van der Waals surface area contributed by atoms with E-state index in [0.29, 0.717) is 25.0 Å². The van der Waals surface area contributed by atoms with Crippen molar-refractivity contribution >= 4 is 17.6 Å². The van der Waals surface area contributed by atoms with Gasteiger partial charge < -0.3 is 25.6 Å². The molecule has 1 aliphatic carbocycles. The molecule has 1 aliphatic heterocycles. The van der Waals surface area contributed by atoms with Crippen LogP contribution >= 0.6 is 0 Å². The van der Waals surface area contributed by atoms with E-state index in [-0.39, 0.29) is 5.91 Å². The Bertz CT molecular complexity index is 698. The van der Waals surface area contributed by atoms with Gasteiger partial charge in [0.1, 0.15) is 0 Å². The van der Waals surface area contributed by atoms with Gasteiger partial charge in [-0.1, -0.05) is 25.0 Å². The number of hydrogen-bond acceptors (Lipinski definition) is 4. The Labute approximate surface area is 180 Å². The highest BCUT2D eigenvalue weighted by molar-refractivity contribution is 5.82. The Balaban J connectivity index is 1.56. The number of benzene rings is 1. The molecule has 3 N–H and O–H groups in total. The molecule has 7 heteroatoms. The molecule has 0 bridgehead atoms. The minimum atomic E-state index is 0.0850. The van der Waals surface area contributed by atoms with Crippen LogP contribution < -0.4 is 20.9 Å². The third-order valence-corrected chi connectivity index (χ3v) is 6.24. The summed E-state index contributed by atoms with van der Waals surface area (Å²) in [5.74, 6) is 0.958. The number of carbonyl (C=O) groups is 1. The summed E-state index contributed by atoms with van der Waals surface area (Å²) >= 11 is 0. The zero-order valence-electron chi connectivity index (χ0n) is 18.5. The molecule has 0 unspecified atom stereocenters. The lowest BCUT2D eigenvalue weighted by Crippen LogP contribution is -2.47. The minimum Gasteiger partial charge on any atom is -0.385 e. The smallest absolute Gasteiger partial charge is 0.239 e. The number of piperazine rings is 1.